The molecule has 106 valence electrons. The summed E-state index contributed by atoms with van der Waals surface area (Å²) < 4.78 is 5.39. The molecule has 3 N–H and O–H groups in total. The summed E-state index contributed by atoms with van der Waals surface area (Å²) in [5.74, 6) is 0.641. The van der Waals surface area contributed by atoms with Crippen LogP contribution in [0.2, 0.25) is 0 Å². The number of nitrogens with zero attached hydrogens (tertiary/aromatic N) is 2. The first-order valence-corrected chi connectivity index (χ1v) is 6.57. The third-order valence-electron chi connectivity index (χ3n) is 2.88. The smallest absolute Gasteiger partial charge is 0.249 e. The standard InChI is InChI=1S/C14H18N4O2/c1-3-6-11(15)13(19)16-12-8-5-4-7-10(12)14-18-17-9(2)20-14/h4-5,7-8,11H,3,6,15H2,1-2H3,(H,16,19)/t11-/m1/s1. The van der Waals surface area contributed by atoms with Gasteiger partial charge in [0, 0.05) is 6.92 Å². The van der Waals surface area contributed by atoms with Crippen molar-refractivity contribution >= 4 is 11.6 Å². The number of benzene rings is 1. The van der Waals surface area contributed by atoms with Crippen LogP contribution in [0.5, 0.6) is 0 Å². The Balaban J connectivity index is 2.22. The molecule has 6 heteroatoms. The van der Waals surface area contributed by atoms with Gasteiger partial charge in [-0.25, -0.2) is 0 Å². The highest BCUT2D eigenvalue weighted by Gasteiger charge is 2.16. The Labute approximate surface area is 117 Å². The molecular weight excluding hydrogens is 256 g/mol. The molecule has 0 aliphatic rings. The number of nitrogens with one attached hydrogen (secondary N) is 1. The fraction of sp³-hybridized carbons (Fsp3) is 0.357. The van der Waals surface area contributed by atoms with Crippen molar-refractivity contribution in [2.45, 2.75) is 32.7 Å². The largest absolute Gasteiger partial charge is 0.421 e. The van der Waals surface area contributed by atoms with Crippen LogP contribution >= 0.6 is 0 Å². The normalized spacial score (nSPS) is 12.2. The van der Waals surface area contributed by atoms with Crippen molar-refractivity contribution < 1.29 is 9.21 Å². The van der Waals surface area contributed by atoms with E-state index in [1.165, 1.54) is 0 Å². The van der Waals surface area contributed by atoms with E-state index in [0.717, 1.165) is 6.42 Å². The minimum atomic E-state index is -0.516. The van der Waals surface area contributed by atoms with Gasteiger partial charge in [0.1, 0.15) is 0 Å². The molecule has 2 aromatic rings. The average Bonchev–Trinajstić information content (AvgIpc) is 2.86. The molecule has 0 unspecified atom stereocenters. The molecule has 0 radical (unpaired) electrons. The first-order valence-electron chi connectivity index (χ1n) is 6.57. The predicted octanol–water partition coefficient (Wildman–Crippen LogP) is 2.11. The Kier molecular flexibility index (Phi) is 4.47. The number of hydrogen-bond acceptors (Lipinski definition) is 5. The lowest BCUT2D eigenvalue weighted by Crippen LogP contribution is -2.35. The molecule has 1 aromatic heterocycles. The Morgan fingerprint density at radius 3 is 2.80 bits per heavy atom. The second kappa shape index (κ2) is 6.29. The molecule has 20 heavy (non-hydrogen) atoms. The third-order valence-corrected chi connectivity index (χ3v) is 2.88. The van der Waals surface area contributed by atoms with Crippen LogP contribution in [0, 0.1) is 6.92 Å². The lowest BCUT2D eigenvalue weighted by molar-refractivity contribution is -0.117. The highest BCUT2D eigenvalue weighted by molar-refractivity contribution is 5.97. The van der Waals surface area contributed by atoms with Crippen molar-refractivity contribution in [2.75, 3.05) is 5.32 Å². The van der Waals surface area contributed by atoms with E-state index >= 15 is 0 Å². The van der Waals surface area contributed by atoms with Crippen molar-refractivity contribution in [1.29, 1.82) is 0 Å². The highest BCUT2D eigenvalue weighted by Crippen LogP contribution is 2.26. The minimum Gasteiger partial charge on any atom is -0.421 e. The van der Waals surface area contributed by atoms with Crippen LogP contribution in [0.15, 0.2) is 28.7 Å². The lowest BCUT2D eigenvalue weighted by Gasteiger charge is -2.12. The van der Waals surface area contributed by atoms with Crippen molar-refractivity contribution in [3.8, 4) is 11.5 Å². The number of carbonyl (C=O) groups is 1. The van der Waals surface area contributed by atoms with Gasteiger partial charge in [0.15, 0.2) is 0 Å². The zero-order chi connectivity index (χ0) is 14.5. The number of aromatic nitrogens is 2. The molecule has 0 saturated carbocycles. The second-order valence-corrected chi connectivity index (χ2v) is 4.56. The van der Waals surface area contributed by atoms with E-state index in [2.05, 4.69) is 15.5 Å². The summed E-state index contributed by atoms with van der Waals surface area (Å²) in [6.45, 7) is 3.71. The molecule has 0 aliphatic carbocycles. The molecule has 1 amide bonds. The fourth-order valence-corrected chi connectivity index (χ4v) is 1.85. The summed E-state index contributed by atoms with van der Waals surface area (Å²) in [7, 11) is 0. The number of carbonyl (C=O) groups excluding carboxylic acids is 1. The van der Waals surface area contributed by atoms with Crippen molar-refractivity contribution in [2.24, 2.45) is 5.73 Å². The first-order chi connectivity index (χ1) is 9.61. The van der Waals surface area contributed by atoms with Gasteiger partial charge in [0.2, 0.25) is 17.7 Å². The van der Waals surface area contributed by atoms with Gasteiger partial charge in [-0.1, -0.05) is 25.5 Å². The number of aryl methyl sites for hydroxylation is 1. The summed E-state index contributed by atoms with van der Waals surface area (Å²) in [6.07, 6.45) is 1.51. The van der Waals surface area contributed by atoms with E-state index in [0.29, 0.717) is 29.5 Å². The Morgan fingerprint density at radius 2 is 2.15 bits per heavy atom. The van der Waals surface area contributed by atoms with E-state index in [9.17, 15) is 4.79 Å². The SMILES string of the molecule is CCC[C@@H](N)C(=O)Nc1ccccc1-c1nnc(C)o1. The van der Waals surface area contributed by atoms with Gasteiger partial charge in [-0.2, -0.15) is 0 Å². The van der Waals surface area contributed by atoms with Crippen molar-refractivity contribution in [3.05, 3.63) is 30.2 Å². The molecule has 0 saturated heterocycles. The van der Waals surface area contributed by atoms with Crippen LogP contribution in [0.25, 0.3) is 11.5 Å². The summed E-state index contributed by atoms with van der Waals surface area (Å²) >= 11 is 0. The quantitative estimate of drug-likeness (QED) is 0.870. The van der Waals surface area contributed by atoms with Crippen LogP contribution in [0.1, 0.15) is 25.7 Å². The van der Waals surface area contributed by atoms with Gasteiger partial charge in [0.25, 0.3) is 0 Å². The van der Waals surface area contributed by atoms with Crippen LogP contribution in [0.3, 0.4) is 0 Å². The molecule has 2 rings (SSSR count). The van der Waals surface area contributed by atoms with Crippen LogP contribution in [0.4, 0.5) is 5.69 Å². The van der Waals surface area contributed by atoms with Crippen LogP contribution in [-0.2, 0) is 4.79 Å². The Morgan fingerprint density at radius 1 is 1.40 bits per heavy atom. The number of amides is 1. The second-order valence-electron chi connectivity index (χ2n) is 4.56. The predicted molar refractivity (Wildman–Crippen MR) is 76.0 cm³/mol. The molecule has 1 aromatic carbocycles. The molecule has 0 aliphatic heterocycles. The third kappa shape index (κ3) is 3.21. The molecule has 0 spiro atoms. The average molecular weight is 274 g/mol. The monoisotopic (exact) mass is 274 g/mol. The Hall–Kier alpha value is -2.21. The zero-order valence-electron chi connectivity index (χ0n) is 11.6. The molecule has 1 heterocycles. The van der Waals surface area contributed by atoms with Crippen molar-refractivity contribution in [3.63, 3.8) is 0 Å². The van der Waals surface area contributed by atoms with Gasteiger partial charge < -0.3 is 15.5 Å². The fourth-order valence-electron chi connectivity index (χ4n) is 1.85. The summed E-state index contributed by atoms with van der Waals surface area (Å²) in [6, 6.07) is 6.75. The van der Waals surface area contributed by atoms with E-state index in [1.54, 1.807) is 13.0 Å². The first kappa shape index (κ1) is 14.2. The number of hydrogen-bond donors (Lipinski definition) is 2. The summed E-state index contributed by atoms with van der Waals surface area (Å²) in [5.41, 5.74) is 7.11. The van der Waals surface area contributed by atoms with Gasteiger partial charge in [-0.05, 0) is 18.6 Å². The van der Waals surface area contributed by atoms with Crippen LogP contribution in [-0.4, -0.2) is 22.1 Å². The maximum Gasteiger partial charge on any atom is 0.249 e. The van der Waals surface area contributed by atoms with E-state index in [1.807, 2.05) is 25.1 Å². The van der Waals surface area contributed by atoms with Gasteiger partial charge >= 0.3 is 0 Å². The van der Waals surface area contributed by atoms with Crippen LogP contribution < -0.4 is 11.1 Å². The molecule has 6 nitrogen and oxygen atoms in total. The molecule has 1 atom stereocenters. The van der Waals surface area contributed by atoms with E-state index < -0.39 is 6.04 Å². The summed E-state index contributed by atoms with van der Waals surface area (Å²) in [5, 5.41) is 10.6. The molecule has 0 bridgehead atoms. The minimum absolute atomic E-state index is 0.212. The van der Waals surface area contributed by atoms with E-state index in [-0.39, 0.29) is 5.91 Å². The number of anilines is 1. The molecule has 0 fully saturated rings. The molecular formula is C14H18N4O2. The lowest BCUT2D eigenvalue weighted by atomic mass is 10.1. The summed E-state index contributed by atoms with van der Waals surface area (Å²) in [4.78, 5) is 12.0. The van der Waals surface area contributed by atoms with E-state index in [4.69, 9.17) is 10.2 Å². The highest BCUT2D eigenvalue weighted by atomic mass is 16.4. The number of nitrogens with two attached hydrogens (primary N) is 1. The maximum absolute atomic E-state index is 12.0. The number of rotatable bonds is 5. The number of para-hydroxylation sites is 1. The van der Waals surface area contributed by atoms with Gasteiger partial charge in [-0.3, -0.25) is 4.79 Å². The zero-order valence-corrected chi connectivity index (χ0v) is 11.6. The topological polar surface area (TPSA) is 94.0 Å². The van der Waals surface area contributed by atoms with Gasteiger partial charge in [-0.15, -0.1) is 10.2 Å². The van der Waals surface area contributed by atoms with Crippen molar-refractivity contribution in [1.82, 2.24) is 10.2 Å². The maximum atomic E-state index is 12.0. The van der Waals surface area contributed by atoms with Gasteiger partial charge in [0.05, 0.1) is 17.3 Å². The Bertz CT molecular complexity index is 594.